The van der Waals surface area contributed by atoms with E-state index in [1.54, 1.807) is 11.9 Å². The van der Waals surface area contributed by atoms with E-state index in [1.807, 2.05) is 13.8 Å². The van der Waals surface area contributed by atoms with Gasteiger partial charge in [0.1, 0.15) is 0 Å². The third kappa shape index (κ3) is 3.42. The van der Waals surface area contributed by atoms with Gasteiger partial charge in [-0.2, -0.15) is 0 Å². The topological polar surface area (TPSA) is 55.6 Å². The van der Waals surface area contributed by atoms with E-state index in [0.29, 0.717) is 13.0 Å². The molecular weight excluding hydrogens is 248 g/mol. The van der Waals surface area contributed by atoms with Crippen LogP contribution in [0.3, 0.4) is 0 Å². The number of hydrogen-bond acceptors (Lipinski definition) is 3. The molecule has 2 N–H and O–H groups in total. The molecule has 1 rings (SSSR count). The minimum Gasteiger partial charge on any atom is -0.392 e. The number of ether oxygens (including phenoxy) is 1. The number of rotatable bonds is 5. The van der Waals surface area contributed by atoms with Crippen LogP contribution in [0.25, 0.3) is 0 Å². The van der Waals surface area contributed by atoms with Crippen LogP contribution in [0.5, 0.6) is 0 Å². The maximum Gasteiger partial charge on any atom is 0.235 e. The molecule has 0 radical (unpaired) electrons. The molecule has 0 aromatic rings. The molecule has 1 saturated heterocycles. The molecule has 18 heavy (non-hydrogen) atoms. The SMILES string of the molecule is CCC(C)(C(=O)N(C)CC1CCCCO1)C(N)=S. The van der Waals surface area contributed by atoms with Gasteiger partial charge in [-0.05, 0) is 32.6 Å². The molecule has 5 heteroatoms. The molecule has 1 aliphatic heterocycles. The van der Waals surface area contributed by atoms with Crippen molar-refractivity contribution in [2.24, 2.45) is 11.1 Å². The van der Waals surface area contributed by atoms with E-state index in [9.17, 15) is 4.79 Å². The number of nitrogens with zero attached hydrogens (tertiary/aromatic N) is 1. The van der Waals surface area contributed by atoms with Gasteiger partial charge in [0.15, 0.2) is 0 Å². The molecule has 0 saturated carbocycles. The lowest BCUT2D eigenvalue weighted by Gasteiger charge is -2.33. The van der Waals surface area contributed by atoms with Gasteiger partial charge in [-0.15, -0.1) is 0 Å². The molecule has 2 atom stereocenters. The Morgan fingerprint density at radius 1 is 1.56 bits per heavy atom. The minimum absolute atomic E-state index is 0.00771. The first-order valence-electron chi connectivity index (χ1n) is 6.59. The Balaban J connectivity index is 2.61. The van der Waals surface area contributed by atoms with Crippen molar-refractivity contribution in [2.45, 2.75) is 45.6 Å². The largest absolute Gasteiger partial charge is 0.392 e. The van der Waals surface area contributed by atoms with Crippen molar-refractivity contribution in [3.8, 4) is 0 Å². The van der Waals surface area contributed by atoms with Crippen molar-refractivity contribution < 1.29 is 9.53 Å². The van der Waals surface area contributed by atoms with Crippen LogP contribution < -0.4 is 5.73 Å². The highest BCUT2D eigenvalue weighted by molar-refractivity contribution is 7.80. The first kappa shape index (κ1) is 15.4. The summed E-state index contributed by atoms with van der Waals surface area (Å²) in [5.74, 6) is -0.00771. The van der Waals surface area contributed by atoms with Crippen molar-refractivity contribution in [2.75, 3.05) is 20.2 Å². The summed E-state index contributed by atoms with van der Waals surface area (Å²) in [6, 6.07) is 0. The fraction of sp³-hybridized carbons (Fsp3) is 0.846. The van der Waals surface area contributed by atoms with Crippen LogP contribution in [0, 0.1) is 5.41 Å². The molecule has 0 aliphatic carbocycles. The maximum absolute atomic E-state index is 12.4. The van der Waals surface area contributed by atoms with E-state index < -0.39 is 5.41 Å². The van der Waals surface area contributed by atoms with Gasteiger partial charge in [-0.1, -0.05) is 19.1 Å². The Bertz CT molecular complexity index is 316. The third-order valence-corrected chi connectivity index (χ3v) is 4.27. The molecule has 0 spiro atoms. The second-order valence-electron chi connectivity index (χ2n) is 5.22. The predicted octanol–water partition coefficient (Wildman–Crippen LogP) is 1.72. The smallest absolute Gasteiger partial charge is 0.235 e. The van der Waals surface area contributed by atoms with E-state index >= 15 is 0 Å². The van der Waals surface area contributed by atoms with Crippen molar-refractivity contribution >= 4 is 23.1 Å². The fourth-order valence-corrected chi connectivity index (χ4v) is 2.42. The third-order valence-electron chi connectivity index (χ3n) is 3.82. The number of thiocarbonyl (C=S) groups is 1. The maximum atomic E-state index is 12.4. The van der Waals surface area contributed by atoms with Gasteiger partial charge in [0.05, 0.1) is 16.5 Å². The summed E-state index contributed by atoms with van der Waals surface area (Å²) in [4.78, 5) is 14.4. The summed E-state index contributed by atoms with van der Waals surface area (Å²) < 4.78 is 5.65. The molecule has 0 bridgehead atoms. The van der Waals surface area contributed by atoms with Crippen molar-refractivity contribution in [1.82, 2.24) is 4.90 Å². The van der Waals surface area contributed by atoms with Crippen molar-refractivity contribution in [3.63, 3.8) is 0 Å². The van der Waals surface area contributed by atoms with Crippen LogP contribution in [-0.4, -0.2) is 42.1 Å². The van der Waals surface area contributed by atoms with E-state index in [1.165, 1.54) is 6.42 Å². The van der Waals surface area contributed by atoms with Gasteiger partial charge < -0.3 is 15.4 Å². The average Bonchev–Trinajstić information content (AvgIpc) is 2.37. The lowest BCUT2D eigenvalue weighted by molar-refractivity contribution is -0.138. The Morgan fingerprint density at radius 2 is 2.22 bits per heavy atom. The van der Waals surface area contributed by atoms with Crippen LogP contribution >= 0.6 is 12.2 Å². The van der Waals surface area contributed by atoms with Crippen LogP contribution in [0.15, 0.2) is 0 Å². The molecule has 1 aliphatic rings. The van der Waals surface area contributed by atoms with Crippen LogP contribution in [0.2, 0.25) is 0 Å². The molecule has 104 valence electrons. The summed E-state index contributed by atoms with van der Waals surface area (Å²) in [6.45, 7) is 5.17. The summed E-state index contributed by atoms with van der Waals surface area (Å²) in [6.07, 6.45) is 4.09. The van der Waals surface area contributed by atoms with E-state index in [0.717, 1.165) is 19.4 Å². The van der Waals surface area contributed by atoms with Crippen molar-refractivity contribution in [1.29, 1.82) is 0 Å². The molecule has 2 unspecified atom stereocenters. The van der Waals surface area contributed by atoms with Gasteiger partial charge in [-0.3, -0.25) is 4.79 Å². The van der Waals surface area contributed by atoms with Crippen LogP contribution in [0.1, 0.15) is 39.5 Å². The number of nitrogens with two attached hydrogens (primary N) is 1. The number of likely N-dealkylation sites (N-methyl/N-ethyl adjacent to an activating group) is 1. The summed E-state index contributed by atoms with van der Waals surface area (Å²) in [7, 11) is 1.80. The van der Waals surface area contributed by atoms with E-state index in [2.05, 4.69) is 0 Å². The molecule has 0 aromatic carbocycles. The Labute approximate surface area is 115 Å². The van der Waals surface area contributed by atoms with Gasteiger partial charge in [0.25, 0.3) is 0 Å². The Hall–Kier alpha value is -0.680. The summed E-state index contributed by atoms with van der Waals surface area (Å²) in [5.41, 5.74) is 4.97. The quantitative estimate of drug-likeness (QED) is 0.774. The zero-order valence-electron chi connectivity index (χ0n) is 11.6. The van der Waals surface area contributed by atoms with Crippen LogP contribution in [-0.2, 0) is 9.53 Å². The van der Waals surface area contributed by atoms with Gasteiger partial charge >= 0.3 is 0 Å². The first-order chi connectivity index (χ1) is 8.41. The summed E-state index contributed by atoms with van der Waals surface area (Å²) in [5, 5.41) is 0. The monoisotopic (exact) mass is 272 g/mol. The predicted molar refractivity (Wildman–Crippen MR) is 76.4 cm³/mol. The molecule has 1 fully saturated rings. The lowest BCUT2D eigenvalue weighted by atomic mass is 9.86. The van der Waals surface area contributed by atoms with E-state index in [-0.39, 0.29) is 17.0 Å². The van der Waals surface area contributed by atoms with E-state index in [4.69, 9.17) is 22.7 Å². The zero-order chi connectivity index (χ0) is 13.8. The minimum atomic E-state index is -0.737. The summed E-state index contributed by atoms with van der Waals surface area (Å²) >= 11 is 5.03. The molecule has 4 nitrogen and oxygen atoms in total. The number of amides is 1. The van der Waals surface area contributed by atoms with Crippen molar-refractivity contribution in [3.05, 3.63) is 0 Å². The first-order valence-corrected chi connectivity index (χ1v) is 6.99. The standard InChI is InChI=1S/C13H24N2O2S/c1-4-13(2,11(14)18)12(16)15(3)9-10-7-5-6-8-17-10/h10H,4-9H2,1-3H3,(H2,14,18). The highest BCUT2D eigenvalue weighted by atomic mass is 32.1. The molecule has 1 heterocycles. The Kier molecular flexibility index (Phi) is 5.53. The fourth-order valence-electron chi connectivity index (χ4n) is 2.19. The molecule has 0 aromatic heterocycles. The van der Waals surface area contributed by atoms with Gasteiger partial charge in [0.2, 0.25) is 5.91 Å². The second kappa shape index (κ2) is 6.48. The number of carbonyl (C=O) groups is 1. The van der Waals surface area contributed by atoms with Gasteiger partial charge in [-0.25, -0.2) is 0 Å². The highest BCUT2D eigenvalue weighted by Gasteiger charge is 2.37. The van der Waals surface area contributed by atoms with Crippen LogP contribution in [0.4, 0.5) is 0 Å². The Morgan fingerprint density at radius 3 is 2.67 bits per heavy atom. The lowest BCUT2D eigenvalue weighted by Crippen LogP contribution is -2.49. The molecular formula is C13H24N2O2S. The number of carbonyl (C=O) groups excluding carboxylic acids is 1. The zero-order valence-corrected chi connectivity index (χ0v) is 12.4. The van der Waals surface area contributed by atoms with Gasteiger partial charge in [0, 0.05) is 20.2 Å². The second-order valence-corrected chi connectivity index (χ2v) is 5.66. The normalized spacial score (nSPS) is 23.2. The highest BCUT2D eigenvalue weighted by Crippen LogP contribution is 2.25. The average molecular weight is 272 g/mol. The number of hydrogen-bond donors (Lipinski definition) is 1. The molecule has 1 amide bonds.